The van der Waals surface area contributed by atoms with Crippen LogP contribution in [0.25, 0.3) is 0 Å². The first kappa shape index (κ1) is 19.3. The summed E-state index contributed by atoms with van der Waals surface area (Å²) in [5.74, 6) is 2.11. The first-order valence-electron chi connectivity index (χ1n) is 9.29. The minimum absolute atomic E-state index is 0.161. The van der Waals surface area contributed by atoms with Gasteiger partial charge >= 0.3 is 0 Å². The molecule has 1 fully saturated rings. The number of aliphatic imine (C=N–C) groups is 1. The van der Waals surface area contributed by atoms with Gasteiger partial charge in [-0.25, -0.2) is 9.37 Å². The van der Waals surface area contributed by atoms with Crippen molar-refractivity contribution in [2.45, 2.75) is 31.8 Å². The quantitative estimate of drug-likeness (QED) is 0.619. The van der Waals surface area contributed by atoms with Gasteiger partial charge in [-0.3, -0.25) is 10.1 Å². The topological polar surface area (TPSA) is 72.4 Å². The van der Waals surface area contributed by atoms with Gasteiger partial charge in [0.1, 0.15) is 18.0 Å². The highest BCUT2D eigenvalue weighted by atomic mass is 19.1. The molecule has 1 aromatic carbocycles. The molecule has 8 heteroatoms. The number of nitrogens with one attached hydrogen (secondary N) is 2. The van der Waals surface area contributed by atoms with Gasteiger partial charge in [0.25, 0.3) is 0 Å². The van der Waals surface area contributed by atoms with Crippen molar-refractivity contribution in [1.29, 1.82) is 0 Å². The van der Waals surface area contributed by atoms with Crippen LogP contribution in [0.4, 0.5) is 4.39 Å². The van der Waals surface area contributed by atoms with Gasteiger partial charge in [0.05, 0.1) is 0 Å². The average Bonchev–Trinajstić information content (AvgIpc) is 3.19. The molecule has 0 unspecified atom stereocenters. The SMILES string of the molecule is CN=C(NCc1ccc(F)c(CN(C)C)c1)N1CCC(c2ncn[nH]2)CC1. The molecule has 0 amide bonds. The monoisotopic (exact) mass is 373 g/mol. The second-order valence-corrected chi connectivity index (χ2v) is 7.20. The first-order valence-corrected chi connectivity index (χ1v) is 9.29. The van der Waals surface area contributed by atoms with Crippen molar-refractivity contribution < 1.29 is 4.39 Å². The summed E-state index contributed by atoms with van der Waals surface area (Å²) in [6.45, 7) is 3.04. The molecule has 1 aliphatic heterocycles. The van der Waals surface area contributed by atoms with E-state index in [2.05, 4.69) is 30.4 Å². The Morgan fingerprint density at radius 2 is 2.15 bits per heavy atom. The Bertz CT molecular complexity index is 749. The lowest BCUT2D eigenvalue weighted by molar-refractivity contribution is 0.298. The molecular formula is C19H28FN7. The third kappa shape index (κ3) is 5.03. The third-order valence-electron chi connectivity index (χ3n) is 4.87. The summed E-state index contributed by atoms with van der Waals surface area (Å²) in [7, 11) is 5.68. The van der Waals surface area contributed by atoms with Crippen LogP contribution in [0.15, 0.2) is 29.5 Å². The maximum atomic E-state index is 13.9. The molecule has 1 aromatic heterocycles. The number of hydrogen-bond acceptors (Lipinski definition) is 4. The molecule has 1 saturated heterocycles. The van der Waals surface area contributed by atoms with Gasteiger partial charge in [-0.15, -0.1) is 0 Å². The van der Waals surface area contributed by atoms with Crippen LogP contribution in [-0.2, 0) is 13.1 Å². The highest BCUT2D eigenvalue weighted by Gasteiger charge is 2.24. The van der Waals surface area contributed by atoms with Crippen LogP contribution in [0.3, 0.4) is 0 Å². The van der Waals surface area contributed by atoms with Gasteiger partial charge in [-0.1, -0.05) is 6.07 Å². The molecule has 0 bridgehead atoms. The number of aromatic nitrogens is 3. The fourth-order valence-electron chi connectivity index (χ4n) is 3.49. The van der Waals surface area contributed by atoms with E-state index >= 15 is 0 Å². The zero-order valence-electron chi connectivity index (χ0n) is 16.2. The van der Waals surface area contributed by atoms with Crippen LogP contribution in [-0.4, -0.2) is 65.2 Å². The molecule has 0 aliphatic carbocycles. The number of benzene rings is 1. The van der Waals surface area contributed by atoms with Crippen molar-refractivity contribution in [3.05, 3.63) is 47.3 Å². The summed E-state index contributed by atoms with van der Waals surface area (Å²) in [6.07, 6.45) is 3.59. The van der Waals surface area contributed by atoms with E-state index in [-0.39, 0.29) is 5.82 Å². The summed E-state index contributed by atoms with van der Waals surface area (Å²) < 4.78 is 13.9. The Morgan fingerprint density at radius 1 is 1.37 bits per heavy atom. The van der Waals surface area contributed by atoms with Crippen molar-refractivity contribution in [2.75, 3.05) is 34.2 Å². The summed E-state index contributed by atoms with van der Waals surface area (Å²) >= 11 is 0. The Labute approximate surface area is 159 Å². The molecule has 2 N–H and O–H groups in total. The van der Waals surface area contributed by atoms with E-state index in [0.29, 0.717) is 24.6 Å². The largest absolute Gasteiger partial charge is 0.352 e. The number of piperidine rings is 1. The molecular weight excluding hydrogens is 345 g/mol. The van der Waals surface area contributed by atoms with Gasteiger partial charge < -0.3 is 15.1 Å². The minimum Gasteiger partial charge on any atom is -0.352 e. The van der Waals surface area contributed by atoms with E-state index in [4.69, 9.17) is 0 Å². The van der Waals surface area contributed by atoms with Crippen LogP contribution < -0.4 is 5.32 Å². The molecule has 2 aromatic rings. The molecule has 3 rings (SSSR count). The van der Waals surface area contributed by atoms with Crippen molar-refractivity contribution in [3.8, 4) is 0 Å². The maximum absolute atomic E-state index is 13.9. The Kier molecular flexibility index (Phi) is 6.39. The molecule has 2 heterocycles. The standard InChI is InChI=1S/C19H28FN7/c1-21-19(27-8-6-15(7-9-27)18-23-13-24-25-18)22-11-14-4-5-17(20)16(10-14)12-26(2)3/h4-5,10,13,15H,6-9,11-12H2,1-3H3,(H,21,22)(H,23,24,25). The van der Waals surface area contributed by atoms with Gasteiger partial charge in [0, 0.05) is 44.7 Å². The number of aromatic amines is 1. The maximum Gasteiger partial charge on any atom is 0.193 e. The van der Waals surface area contributed by atoms with Gasteiger partial charge in [0.2, 0.25) is 0 Å². The Hall–Kier alpha value is -2.48. The Balaban J connectivity index is 1.55. The number of guanidine groups is 1. The molecule has 27 heavy (non-hydrogen) atoms. The fraction of sp³-hybridized carbons (Fsp3) is 0.526. The number of H-pyrrole nitrogens is 1. The van der Waals surface area contributed by atoms with Crippen LogP contribution in [0.1, 0.15) is 35.7 Å². The van der Waals surface area contributed by atoms with Gasteiger partial charge in [-0.2, -0.15) is 5.10 Å². The molecule has 7 nitrogen and oxygen atoms in total. The van der Waals surface area contributed by atoms with Crippen LogP contribution in [0, 0.1) is 5.82 Å². The van der Waals surface area contributed by atoms with Crippen LogP contribution in [0.5, 0.6) is 0 Å². The summed E-state index contributed by atoms with van der Waals surface area (Å²) in [5, 5.41) is 10.3. The second kappa shape index (κ2) is 8.94. The predicted octanol–water partition coefficient (Wildman–Crippen LogP) is 1.96. The van der Waals surface area contributed by atoms with Crippen molar-refractivity contribution in [3.63, 3.8) is 0 Å². The van der Waals surface area contributed by atoms with Crippen molar-refractivity contribution >= 4 is 5.96 Å². The molecule has 1 aliphatic rings. The highest BCUT2D eigenvalue weighted by Crippen LogP contribution is 2.25. The van der Waals surface area contributed by atoms with Gasteiger partial charge in [0.15, 0.2) is 5.96 Å². The molecule has 146 valence electrons. The normalized spacial score (nSPS) is 16.2. The van der Waals surface area contributed by atoms with E-state index in [0.717, 1.165) is 43.3 Å². The third-order valence-corrected chi connectivity index (χ3v) is 4.87. The second-order valence-electron chi connectivity index (χ2n) is 7.20. The van der Waals surface area contributed by atoms with Gasteiger partial charge in [-0.05, 0) is 44.6 Å². The summed E-state index contributed by atoms with van der Waals surface area (Å²) in [6, 6.07) is 5.29. The van der Waals surface area contributed by atoms with Crippen molar-refractivity contribution in [1.82, 2.24) is 30.3 Å². The average molecular weight is 373 g/mol. The molecule has 0 atom stereocenters. The first-order chi connectivity index (χ1) is 13.1. The van der Waals surface area contributed by atoms with E-state index < -0.39 is 0 Å². The molecule has 0 radical (unpaired) electrons. The van der Waals surface area contributed by atoms with E-state index in [1.165, 1.54) is 0 Å². The van der Waals surface area contributed by atoms with E-state index in [9.17, 15) is 4.39 Å². The predicted molar refractivity (Wildman–Crippen MR) is 104 cm³/mol. The number of rotatable bonds is 5. The summed E-state index contributed by atoms with van der Waals surface area (Å²) in [4.78, 5) is 12.9. The molecule has 0 spiro atoms. The zero-order valence-corrected chi connectivity index (χ0v) is 16.2. The summed E-state index contributed by atoms with van der Waals surface area (Å²) in [5.41, 5.74) is 1.76. The van der Waals surface area contributed by atoms with E-state index in [1.54, 1.807) is 19.4 Å². The lowest BCUT2D eigenvalue weighted by atomic mass is 9.96. The highest BCUT2D eigenvalue weighted by molar-refractivity contribution is 5.80. The minimum atomic E-state index is -0.161. The van der Waals surface area contributed by atoms with Crippen molar-refractivity contribution in [2.24, 2.45) is 4.99 Å². The fourth-order valence-corrected chi connectivity index (χ4v) is 3.49. The Morgan fingerprint density at radius 3 is 2.78 bits per heavy atom. The van der Waals surface area contributed by atoms with Crippen LogP contribution >= 0.6 is 0 Å². The van der Waals surface area contributed by atoms with E-state index in [1.807, 2.05) is 31.1 Å². The number of nitrogens with zero attached hydrogens (tertiary/aromatic N) is 5. The lowest BCUT2D eigenvalue weighted by Crippen LogP contribution is -2.45. The molecule has 0 saturated carbocycles. The smallest absolute Gasteiger partial charge is 0.193 e. The number of hydrogen-bond donors (Lipinski definition) is 2. The lowest BCUT2D eigenvalue weighted by Gasteiger charge is -2.33. The number of likely N-dealkylation sites (tertiary alicyclic amines) is 1. The zero-order chi connectivity index (χ0) is 19.2. The number of halogens is 1. The van der Waals surface area contributed by atoms with Crippen LogP contribution in [0.2, 0.25) is 0 Å².